The van der Waals surface area contributed by atoms with Crippen LogP contribution in [0.15, 0.2) is 0 Å². The van der Waals surface area contributed by atoms with Crippen LogP contribution in [0.3, 0.4) is 0 Å². The number of hydrogen-bond acceptors (Lipinski definition) is 3. The summed E-state index contributed by atoms with van der Waals surface area (Å²) in [5, 5.41) is 8.77. The molecule has 1 aliphatic rings. The largest absolute Gasteiger partial charge is 0.480 e. The van der Waals surface area contributed by atoms with Crippen molar-refractivity contribution in [3.8, 4) is 0 Å². The van der Waals surface area contributed by atoms with E-state index in [1.807, 2.05) is 0 Å². The summed E-state index contributed by atoms with van der Waals surface area (Å²) >= 11 is 0. The fourth-order valence-corrected chi connectivity index (χ4v) is 2.31. The number of carboxylic acids is 1. The van der Waals surface area contributed by atoms with E-state index in [1.165, 1.54) is 32.1 Å². The fraction of sp³-hybridized carbons (Fsp3) is 0.909. The molecule has 0 aromatic rings. The quantitative estimate of drug-likeness (QED) is 0.718. The second-order valence-electron chi connectivity index (χ2n) is 4.32. The van der Waals surface area contributed by atoms with Crippen molar-refractivity contribution in [3.05, 3.63) is 0 Å². The van der Waals surface area contributed by atoms with Crippen LogP contribution >= 0.6 is 0 Å². The summed E-state index contributed by atoms with van der Waals surface area (Å²) in [4.78, 5) is 12.9. The Labute approximate surface area is 91.4 Å². The zero-order valence-electron chi connectivity index (χ0n) is 9.48. The Morgan fingerprint density at radius 3 is 2.53 bits per heavy atom. The van der Waals surface area contributed by atoms with Gasteiger partial charge in [0.05, 0.1) is 0 Å². The maximum Gasteiger partial charge on any atom is 0.321 e. The molecule has 0 saturated heterocycles. The second-order valence-corrected chi connectivity index (χ2v) is 4.32. The highest BCUT2D eigenvalue weighted by Crippen LogP contribution is 2.22. The van der Waals surface area contributed by atoms with Crippen LogP contribution in [0.1, 0.15) is 39.0 Å². The number of nitrogens with zero attached hydrogens (tertiary/aromatic N) is 1. The number of carboxylic acid groups (broad SMARTS) is 1. The van der Waals surface area contributed by atoms with Crippen molar-refractivity contribution < 1.29 is 9.90 Å². The first-order valence-corrected chi connectivity index (χ1v) is 5.87. The molecule has 1 rings (SSSR count). The van der Waals surface area contributed by atoms with Gasteiger partial charge in [-0.1, -0.05) is 26.2 Å². The van der Waals surface area contributed by atoms with Crippen molar-refractivity contribution in [3.63, 3.8) is 0 Å². The van der Waals surface area contributed by atoms with E-state index < -0.39 is 12.0 Å². The van der Waals surface area contributed by atoms with Gasteiger partial charge in [-0.2, -0.15) is 0 Å². The van der Waals surface area contributed by atoms with Crippen molar-refractivity contribution in [1.29, 1.82) is 0 Å². The molecule has 3 N–H and O–H groups in total. The Balaban J connectivity index is 2.43. The molecule has 0 aliphatic heterocycles. The lowest BCUT2D eigenvalue weighted by molar-refractivity contribution is -0.139. The third kappa shape index (κ3) is 3.80. The van der Waals surface area contributed by atoms with Crippen molar-refractivity contribution in [2.75, 3.05) is 13.1 Å². The Morgan fingerprint density at radius 1 is 1.47 bits per heavy atom. The van der Waals surface area contributed by atoms with Crippen molar-refractivity contribution in [1.82, 2.24) is 4.90 Å². The van der Waals surface area contributed by atoms with Crippen molar-refractivity contribution in [2.24, 2.45) is 5.73 Å². The number of rotatable bonds is 5. The lowest BCUT2D eigenvalue weighted by atomic mass is 9.94. The van der Waals surface area contributed by atoms with E-state index in [0.29, 0.717) is 12.6 Å². The van der Waals surface area contributed by atoms with E-state index in [2.05, 4.69) is 11.8 Å². The van der Waals surface area contributed by atoms with Crippen LogP contribution in [0.4, 0.5) is 0 Å². The Hall–Kier alpha value is -0.610. The lowest BCUT2D eigenvalue weighted by Gasteiger charge is -2.34. The average molecular weight is 214 g/mol. The molecule has 0 amide bonds. The van der Waals surface area contributed by atoms with E-state index in [9.17, 15) is 4.79 Å². The van der Waals surface area contributed by atoms with Crippen molar-refractivity contribution >= 4 is 5.97 Å². The van der Waals surface area contributed by atoms with Crippen LogP contribution in [0.5, 0.6) is 0 Å². The molecule has 1 atom stereocenters. The SMILES string of the molecule is CCN(CC(N)C(=O)O)C1CCCCC1. The first-order valence-electron chi connectivity index (χ1n) is 5.87. The van der Waals surface area contributed by atoms with Crippen LogP contribution in [0.2, 0.25) is 0 Å². The molecule has 0 aromatic carbocycles. The van der Waals surface area contributed by atoms with Crippen LogP contribution < -0.4 is 5.73 Å². The van der Waals surface area contributed by atoms with E-state index in [-0.39, 0.29) is 0 Å². The summed E-state index contributed by atoms with van der Waals surface area (Å²) in [6.07, 6.45) is 6.24. The van der Waals surface area contributed by atoms with E-state index >= 15 is 0 Å². The van der Waals surface area contributed by atoms with Crippen LogP contribution in [0, 0.1) is 0 Å². The maximum absolute atomic E-state index is 10.7. The van der Waals surface area contributed by atoms with Gasteiger partial charge in [0.1, 0.15) is 6.04 Å². The third-order valence-electron chi connectivity index (χ3n) is 3.25. The number of hydrogen-bond donors (Lipinski definition) is 2. The number of likely N-dealkylation sites (N-methyl/N-ethyl adjacent to an activating group) is 1. The topological polar surface area (TPSA) is 66.6 Å². The van der Waals surface area contributed by atoms with Gasteiger partial charge in [-0.3, -0.25) is 9.69 Å². The minimum absolute atomic E-state index is 0.483. The Kier molecular flexibility index (Phi) is 5.05. The lowest BCUT2D eigenvalue weighted by Crippen LogP contribution is -2.47. The van der Waals surface area contributed by atoms with Gasteiger partial charge >= 0.3 is 5.97 Å². The molecule has 0 radical (unpaired) electrons. The summed E-state index contributed by atoms with van der Waals surface area (Å²) in [6, 6.07) is -0.193. The molecule has 0 aromatic heterocycles. The fourth-order valence-electron chi connectivity index (χ4n) is 2.31. The summed E-state index contributed by atoms with van der Waals surface area (Å²) in [6.45, 7) is 3.45. The highest BCUT2D eigenvalue weighted by atomic mass is 16.4. The predicted octanol–water partition coefficient (Wildman–Crippen LogP) is 1.05. The molecule has 0 spiro atoms. The molecule has 4 nitrogen and oxygen atoms in total. The molecule has 1 saturated carbocycles. The zero-order valence-corrected chi connectivity index (χ0v) is 9.48. The smallest absolute Gasteiger partial charge is 0.321 e. The van der Waals surface area contributed by atoms with Gasteiger partial charge in [0, 0.05) is 12.6 Å². The Morgan fingerprint density at radius 2 is 2.07 bits per heavy atom. The molecule has 1 aliphatic carbocycles. The monoisotopic (exact) mass is 214 g/mol. The van der Waals surface area contributed by atoms with E-state index in [1.54, 1.807) is 0 Å². The van der Waals surface area contributed by atoms with Crippen LogP contribution in [-0.4, -0.2) is 41.1 Å². The predicted molar refractivity (Wildman–Crippen MR) is 59.7 cm³/mol. The average Bonchev–Trinajstić information content (AvgIpc) is 2.26. The van der Waals surface area contributed by atoms with Crippen molar-refractivity contribution in [2.45, 2.75) is 51.1 Å². The van der Waals surface area contributed by atoms with Gasteiger partial charge in [-0.25, -0.2) is 0 Å². The van der Waals surface area contributed by atoms with Gasteiger partial charge in [-0.15, -0.1) is 0 Å². The third-order valence-corrected chi connectivity index (χ3v) is 3.25. The molecule has 0 heterocycles. The number of carbonyl (C=O) groups is 1. The first-order chi connectivity index (χ1) is 7.15. The van der Waals surface area contributed by atoms with Gasteiger partial charge in [0.15, 0.2) is 0 Å². The molecule has 15 heavy (non-hydrogen) atoms. The highest BCUT2D eigenvalue weighted by molar-refractivity contribution is 5.73. The minimum Gasteiger partial charge on any atom is -0.480 e. The zero-order chi connectivity index (χ0) is 11.3. The van der Waals surface area contributed by atoms with Gasteiger partial charge < -0.3 is 10.8 Å². The van der Waals surface area contributed by atoms with E-state index in [4.69, 9.17) is 10.8 Å². The summed E-state index contributed by atoms with van der Waals surface area (Å²) in [5.74, 6) is -0.899. The molecule has 88 valence electrons. The highest BCUT2D eigenvalue weighted by Gasteiger charge is 2.23. The normalized spacial score (nSPS) is 20.5. The van der Waals surface area contributed by atoms with Crippen LogP contribution in [-0.2, 0) is 4.79 Å². The molecule has 0 bridgehead atoms. The van der Waals surface area contributed by atoms with Gasteiger partial charge in [0.2, 0.25) is 0 Å². The number of nitrogens with two attached hydrogens (primary N) is 1. The maximum atomic E-state index is 10.7. The second kappa shape index (κ2) is 6.08. The molecular weight excluding hydrogens is 192 g/mol. The summed E-state index contributed by atoms with van der Waals surface area (Å²) in [7, 11) is 0. The molecular formula is C11H22N2O2. The molecule has 1 unspecified atom stereocenters. The number of aliphatic carboxylic acids is 1. The van der Waals surface area contributed by atoms with Crippen LogP contribution in [0.25, 0.3) is 0 Å². The van der Waals surface area contributed by atoms with Gasteiger partial charge in [0.25, 0.3) is 0 Å². The first kappa shape index (κ1) is 12.5. The molecule has 1 fully saturated rings. The standard InChI is InChI=1S/C11H22N2O2/c1-2-13(8-10(12)11(14)15)9-6-4-3-5-7-9/h9-10H,2-8,12H2,1H3,(H,14,15). The molecule has 4 heteroatoms. The summed E-state index contributed by atoms with van der Waals surface area (Å²) < 4.78 is 0. The summed E-state index contributed by atoms with van der Waals surface area (Å²) in [5.41, 5.74) is 5.56. The van der Waals surface area contributed by atoms with E-state index in [0.717, 1.165) is 6.54 Å². The Bertz CT molecular complexity index is 203. The van der Waals surface area contributed by atoms with Gasteiger partial charge in [-0.05, 0) is 19.4 Å². The minimum atomic E-state index is -0.899.